The lowest BCUT2D eigenvalue weighted by Crippen LogP contribution is -2.24. The average molecular weight is 267 g/mol. The second kappa shape index (κ2) is 8.37. The van der Waals surface area contributed by atoms with E-state index < -0.39 is 0 Å². The van der Waals surface area contributed by atoms with Gasteiger partial charge in [0.15, 0.2) is 11.5 Å². The molecule has 1 aromatic rings. The third kappa shape index (κ3) is 5.18. The molecule has 0 fully saturated rings. The number of amides is 1. The van der Waals surface area contributed by atoms with Crippen LogP contribution in [0.2, 0.25) is 0 Å². The van der Waals surface area contributed by atoms with Crippen molar-refractivity contribution >= 4 is 5.91 Å². The number of phenols is 1. The quantitative estimate of drug-likeness (QED) is 0.706. The predicted octanol–water partition coefficient (Wildman–Crippen LogP) is 1.95. The highest BCUT2D eigenvalue weighted by Crippen LogP contribution is 2.25. The van der Waals surface area contributed by atoms with Gasteiger partial charge in [0, 0.05) is 25.8 Å². The van der Waals surface area contributed by atoms with Crippen LogP contribution < -0.4 is 10.1 Å². The number of unbranched alkanes of at least 4 members (excludes halogenated alkanes) is 2. The Kier molecular flexibility index (Phi) is 6.74. The first-order chi connectivity index (χ1) is 9.19. The van der Waals surface area contributed by atoms with Gasteiger partial charge in [-0.1, -0.05) is 0 Å². The summed E-state index contributed by atoms with van der Waals surface area (Å²) in [7, 11) is 3.15. The van der Waals surface area contributed by atoms with Crippen LogP contribution in [0.4, 0.5) is 0 Å². The first kappa shape index (κ1) is 15.3. The van der Waals surface area contributed by atoms with Crippen molar-refractivity contribution < 1.29 is 19.4 Å². The summed E-state index contributed by atoms with van der Waals surface area (Å²) in [6.45, 7) is 1.37. The molecule has 0 aliphatic heterocycles. The predicted molar refractivity (Wildman–Crippen MR) is 72.7 cm³/mol. The molecule has 1 rings (SSSR count). The molecular formula is C14H21NO4. The maximum atomic E-state index is 11.8. The fourth-order valence-corrected chi connectivity index (χ4v) is 1.68. The van der Waals surface area contributed by atoms with Gasteiger partial charge in [-0.2, -0.15) is 0 Å². The van der Waals surface area contributed by atoms with E-state index in [0.717, 1.165) is 25.9 Å². The molecule has 0 aliphatic carbocycles. The smallest absolute Gasteiger partial charge is 0.251 e. The molecule has 0 aromatic heterocycles. The summed E-state index contributed by atoms with van der Waals surface area (Å²) < 4.78 is 9.87. The zero-order chi connectivity index (χ0) is 14.1. The van der Waals surface area contributed by atoms with E-state index in [0.29, 0.717) is 17.9 Å². The van der Waals surface area contributed by atoms with Crippen LogP contribution >= 0.6 is 0 Å². The Morgan fingerprint density at radius 3 is 2.68 bits per heavy atom. The normalized spacial score (nSPS) is 10.2. The zero-order valence-corrected chi connectivity index (χ0v) is 11.4. The third-order valence-electron chi connectivity index (χ3n) is 2.75. The number of benzene rings is 1. The number of ether oxygens (including phenoxy) is 2. The monoisotopic (exact) mass is 267 g/mol. The molecule has 5 heteroatoms. The first-order valence-electron chi connectivity index (χ1n) is 6.33. The number of carbonyl (C=O) groups is 1. The van der Waals surface area contributed by atoms with Crippen molar-refractivity contribution in [1.29, 1.82) is 0 Å². The van der Waals surface area contributed by atoms with E-state index in [4.69, 9.17) is 9.47 Å². The molecule has 0 atom stereocenters. The SMILES string of the molecule is COCCCCCNC(=O)c1ccc(OC)c(O)c1. The highest BCUT2D eigenvalue weighted by molar-refractivity contribution is 5.94. The van der Waals surface area contributed by atoms with E-state index in [1.54, 1.807) is 19.2 Å². The lowest BCUT2D eigenvalue weighted by Gasteiger charge is -2.07. The number of hydrogen-bond acceptors (Lipinski definition) is 4. The van der Waals surface area contributed by atoms with E-state index >= 15 is 0 Å². The van der Waals surface area contributed by atoms with Gasteiger partial charge in [-0.05, 0) is 37.5 Å². The highest BCUT2D eigenvalue weighted by atomic mass is 16.5. The summed E-state index contributed by atoms with van der Waals surface area (Å²) in [4.78, 5) is 11.8. The summed E-state index contributed by atoms with van der Waals surface area (Å²) >= 11 is 0. The number of phenolic OH excluding ortho intramolecular Hbond substituents is 1. The fraction of sp³-hybridized carbons (Fsp3) is 0.500. The Hall–Kier alpha value is -1.75. The Bertz CT molecular complexity index is 406. The molecule has 0 saturated heterocycles. The van der Waals surface area contributed by atoms with Crippen LogP contribution in [-0.2, 0) is 4.74 Å². The van der Waals surface area contributed by atoms with Crippen LogP contribution in [0.25, 0.3) is 0 Å². The second-order valence-corrected chi connectivity index (χ2v) is 4.20. The molecule has 0 spiro atoms. The highest BCUT2D eigenvalue weighted by Gasteiger charge is 2.08. The van der Waals surface area contributed by atoms with Gasteiger partial charge >= 0.3 is 0 Å². The maximum absolute atomic E-state index is 11.8. The van der Waals surface area contributed by atoms with Crippen molar-refractivity contribution in [3.05, 3.63) is 23.8 Å². The number of nitrogens with one attached hydrogen (secondary N) is 1. The molecular weight excluding hydrogens is 246 g/mol. The zero-order valence-electron chi connectivity index (χ0n) is 11.4. The van der Waals surface area contributed by atoms with E-state index in [9.17, 15) is 9.90 Å². The summed E-state index contributed by atoms with van der Waals surface area (Å²) in [6, 6.07) is 4.60. The van der Waals surface area contributed by atoms with Gasteiger partial charge in [-0.15, -0.1) is 0 Å². The molecule has 0 heterocycles. The molecule has 0 aliphatic rings. The minimum Gasteiger partial charge on any atom is -0.504 e. The number of aromatic hydroxyl groups is 1. The van der Waals surface area contributed by atoms with Gasteiger partial charge in [-0.25, -0.2) is 0 Å². The number of rotatable bonds is 8. The summed E-state index contributed by atoms with van der Waals surface area (Å²) in [6.07, 6.45) is 2.93. The summed E-state index contributed by atoms with van der Waals surface area (Å²) in [5.74, 6) is 0.135. The molecule has 106 valence electrons. The van der Waals surface area contributed by atoms with Gasteiger partial charge in [0.2, 0.25) is 0 Å². The van der Waals surface area contributed by atoms with Crippen LogP contribution in [0.1, 0.15) is 29.6 Å². The fourth-order valence-electron chi connectivity index (χ4n) is 1.68. The second-order valence-electron chi connectivity index (χ2n) is 4.20. The van der Waals surface area contributed by atoms with Crippen LogP contribution in [0, 0.1) is 0 Å². The third-order valence-corrected chi connectivity index (χ3v) is 2.75. The van der Waals surface area contributed by atoms with Crippen molar-refractivity contribution in [3.63, 3.8) is 0 Å². The van der Waals surface area contributed by atoms with Crippen LogP contribution in [0.3, 0.4) is 0 Å². The molecule has 19 heavy (non-hydrogen) atoms. The lowest BCUT2D eigenvalue weighted by atomic mass is 10.2. The standard InChI is InChI=1S/C14H21NO4/c1-18-9-5-3-4-8-15-14(17)11-6-7-13(19-2)12(16)10-11/h6-7,10,16H,3-5,8-9H2,1-2H3,(H,15,17). The van der Waals surface area contributed by atoms with Gasteiger partial charge < -0.3 is 19.9 Å². The van der Waals surface area contributed by atoms with Crippen molar-refractivity contribution in [3.8, 4) is 11.5 Å². The van der Waals surface area contributed by atoms with Gasteiger partial charge in [0.25, 0.3) is 5.91 Å². The van der Waals surface area contributed by atoms with Crippen LogP contribution in [-0.4, -0.2) is 38.4 Å². The molecule has 5 nitrogen and oxygen atoms in total. The maximum Gasteiger partial charge on any atom is 0.251 e. The van der Waals surface area contributed by atoms with Gasteiger partial charge in [0.05, 0.1) is 7.11 Å². The first-order valence-corrected chi connectivity index (χ1v) is 6.33. The van der Waals surface area contributed by atoms with Crippen molar-refractivity contribution in [2.24, 2.45) is 0 Å². The number of methoxy groups -OCH3 is 2. The topological polar surface area (TPSA) is 67.8 Å². The Morgan fingerprint density at radius 1 is 1.26 bits per heavy atom. The molecule has 0 radical (unpaired) electrons. The largest absolute Gasteiger partial charge is 0.504 e. The lowest BCUT2D eigenvalue weighted by molar-refractivity contribution is 0.0952. The minimum atomic E-state index is -0.190. The van der Waals surface area contributed by atoms with Crippen molar-refractivity contribution in [2.75, 3.05) is 27.4 Å². The molecule has 0 unspecified atom stereocenters. The average Bonchev–Trinajstić information content (AvgIpc) is 2.42. The summed E-state index contributed by atoms with van der Waals surface area (Å²) in [5, 5.41) is 12.4. The Morgan fingerprint density at radius 2 is 2.05 bits per heavy atom. The van der Waals surface area contributed by atoms with Crippen LogP contribution in [0.5, 0.6) is 11.5 Å². The number of hydrogen-bond donors (Lipinski definition) is 2. The minimum absolute atomic E-state index is 0.0322. The van der Waals surface area contributed by atoms with Crippen molar-refractivity contribution in [2.45, 2.75) is 19.3 Å². The molecule has 0 saturated carbocycles. The van der Waals surface area contributed by atoms with E-state index in [2.05, 4.69) is 5.32 Å². The molecule has 1 aromatic carbocycles. The van der Waals surface area contributed by atoms with Crippen LogP contribution in [0.15, 0.2) is 18.2 Å². The Labute approximate surface area is 113 Å². The molecule has 0 bridgehead atoms. The number of carbonyl (C=O) groups excluding carboxylic acids is 1. The molecule has 1 amide bonds. The van der Waals surface area contributed by atoms with Gasteiger partial charge in [-0.3, -0.25) is 4.79 Å². The van der Waals surface area contributed by atoms with Gasteiger partial charge in [0.1, 0.15) is 0 Å². The van der Waals surface area contributed by atoms with E-state index in [-0.39, 0.29) is 11.7 Å². The van der Waals surface area contributed by atoms with E-state index in [1.165, 1.54) is 13.2 Å². The van der Waals surface area contributed by atoms with Crippen molar-refractivity contribution in [1.82, 2.24) is 5.32 Å². The summed E-state index contributed by atoms with van der Waals surface area (Å²) in [5.41, 5.74) is 0.426. The molecule has 2 N–H and O–H groups in total. The van der Waals surface area contributed by atoms with E-state index in [1.807, 2.05) is 0 Å². The Balaban J connectivity index is 2.35.